The predicted molar refractivity (Wildman–Crippen MR) is 171 cm³/mol. The van der Waals surface area contributed by atoms with E-state index >= 15 is 0 Å². The fraction of sp³-hybridized carbons (Fsp3) is 0.387. The van der Waals surface area contributed by atoms with Crippen molar-refractivity contribution in [2.24, 2.45) is 0 Å². The Morgan fingerprint density at radius 1 is 1.16 bits per heavy atom. The van der Waals surface area contributed by atoms with E-state index in [1.807, 2.05) is 33.8 Å². The van der Waals surface area contributed by atoms with Gasteiger partial charge in [0.1, 0.15) is 22.7 Å². The van der Waals surface area contributed by atoms with E-state index in [1.54, 1.807) is 42.5 Å². The number of amides is 1. The zero-order valence-corrected chi connectivity index (χ0v) is 26.5. The number of nitrogens with zero attached hydrogens (tertiary/aromatic N) is 3. The normalized spacial score (nSPS) is 14.6. The third kappa shape index (κ3) is 6.80. The van der Waals surface area contributed by atoms with E-state index in [0.29, 0.717) is 54.6 Å². The van der Waals surface area contributed by atoms with Crippen molar-refractivity contribution in [2.75, 3.05) is 50.1 Å². The second-order valence-corrected chi connectivity index (χ2v) is 12.4. The molecule has 43 heavy (non-hydrogen) atoms. The molecule has 1 atom stereocenters. The molecule has 1 fully saturated rings. The average molecular weight is 654 g/mol. The fourth-order valence-electron chi connectivity index (χ4n) is 5.12. The summed E-state index contributed by atoms with van der Waals surface area (Å²) in [5.41, 5.74) is 4.31. The second kappa shape index (κ2) is 12.3. The van der Waals surface area contributed by atoms with Gasteiger partial charge in [0.15, 0.2) is 0 Å². The molecule has 12 heteroatoms. The summed E-state index contributed by atoms with van der Waals surface area (Å²) in [5.74, 6) is 1.10. The number of benzene rings is 2. The summed E-state index contributed by atoms with van der Waals surface area (Å²) in [6.07, 6.45) is 0.442. The molecule has 3 heterocycles. The number of carbonyl (C=O) groups is 1. The van der Waals surface area contributed by atoms with Crippen LogP contribution in [0.4, 0.5) is 16.2 Å². The minimum atomic E-state index is -0.828. The molecule has 228 valence electrons. The van der Waals surface area contributed by atoms with Crippen LogP contribution >= 0.6 is 15.9 Å². The highest BCUT2D eigenvalue weighted by molar-refractivity contribution is 9.10. The lowest BCUT2D eigenvalue weighted by Gasteiger charge is -2.36. The van der Waals surface area contributed by atoms with Crippen molar-refractivity contribution in [3.8, 4) is 17.1 Å². The van der Waals surface area contributed by atoms with Gasteiger partial charge in [-0.25, -0.2) is 9.78 Å². The number of methoxy groups -OCH3 is 1. The van der Waals surface area contributed by atoms with Gasteiger partial charge in [0, 0.05) is 44.6 Å². The third-order valence-corrected chi connectivity index (χ3v) is 7.92. The number of rotatable bonds is 7. The minimum absolute atomic E-state index is 0.175. The minimum Gasteiger partial charge on any atom is -0.496 e. The SMILES string of the molecule is COc1ccc([C@H](O)CNc2cc[nH]c(=O)c2-c2nc3c(C)cc(N4CCN(C(=O)OC(C)(C)C)CC4)cc3[nH]2)cc1Br. The van der Waals surface area contributed by atoms with E-state index < -0.39 is 11.7 Å². The molecular formula is C31H37BrN6O5. The van der Waals surface area contributed by atoms with Gasteiger partial charge < -0.3 is 39.7 Å². The molecule has 0 bridgehead atoms. The third-order valence-electron chi connectivity index (χ3n) is 7.30. The molecule has 0 radical (unpaired) electrons. The summed E-state index contributed by atoms with van der Waals surface area (Å²) in [4.78, 5) is 40.4. The van der Waals surface area contributed by atoms with Gasteiger partial charge in [-0.15, -0.1) is 0 Å². The van der Waals surface area contributed by atoms with Gasteiger partial charge in [-0.1, -0.05) is 6.07 Å². The quantitative estimate of drug-likeness (QED) is 0.214. The van der Waals surface area contributed by atoms with Crippen LogP contribution in [0.2, 0.25) is 0 Å². The molecule has 0 unspecified atom stereocenters. The molecule has 0 saturated carbocycles. The summed E-state index contributed by atoms with van der Waals surface area (Å²) in [7, 11) is 1.58. The molecule has 1 amide bonds. The predicted octanol–water partition coefficient (Wildman–Crippen LogP) is 5.20. The lowest BCUT2D eigenvalue weighted by atomic mass is 10.1. The van der Waals surface area contributed by atoms with Crippen molar-refractivity contribution in [1.29, 1.82) is 0 Å². The Hall–Kier alpha value is -4.03. The monoisotopic (exact) mass is 652 g/mol. The number of hydrogen-bond acceptors (Lipinski definition) is 8. The van der Waals surface area contributed by atoms with E-state index in [9.17, 15) is 14.7 Å². The van der Waals surface area contributed by atoms with Crippen molar-refractivity contribution in [2.45, 2.75) is 39.4 Å². The maximum absolute atomic E-state index is 13.0. The van der Waals surface area contributed by atoms with Crippen LogP contribution in [0.1, 0.15) is 38.0 Å². The summed E-state index contributed by atoms with van der Waals surface area (Å²) in [6.45, 7) is 10.2. The van der Waals surface area contributed by atoms with Crippen molar-refractivity contribution >= 4 is 44.4 Å². The molecule has 0 spiro atoms. The highest BCUT2D eigenvalue weighted by Gasteiger charge is 2.26. The number of piperazine rings is 1. The number of hydrogen-bond donors (Lipinski definition) is 4. The van der Waals surface area contributed by atoms with E-state index in [-0.39, 0.29) is 18.2 Å². The number of imidazole rings is 1. The highest BCUT2D eigenvalue weighted by atomic mass is 79.9. The second-order valence-electron chi connectivity index (χ2n) is 11.6. The summed E-state index contributed by atoms with van der Waals surface area (Å²) >= 11 is 3.46. The largest absolute Gasteiger partial charge is 0.496 e. The topological polar surface area (TPSA) is 136 Å². The van der Waals surface area contributed by atoms with Crippen LogP contribution in [0.5, 0.6) is 5.75 Å². The van der Waals surface area contributed by atoms with Crippen molar-refractivity contribution in [3.05, 3.63) is 68.5 Å². The Bertz CT molecular complexity index is 1690. The van der Waals surface area contributed by atoms with E-state index in [1.165, 1.54) is 0 Å². The van der Waals surface area contributed by atoms with Crippen LogP contribution < -0.4 is 20.5 Å². The number of nitrogens with one attached hydrogen (secondary N) is 3. The number of aliphatic hydroxyl groups excluding tert-OH is 1. The number of H-pyrrole nitrogens is 2. The Labute approximate surface area is 258 Å². The molecule has 2 aromatic carbocycles. The number of carbonyl (C=O) groups excluding carboxylic acids is 1. The van der Waals surface area contributed by atoms with E-state index in [4.69, 9.17) is 14.5 Å². The molecule has 4 aromatic rings. The van der Waals surface area contributed by atoms with Gasteiger partial charge in [-0.05, 0) is 85.1 Å². The molecule has 1 aliphatic heterocycles. The van der Waals surface area contributed by atoms with Gasteiger partial charge in [-0.3, -0.25) is 4.79 Å². The van der Waals surface area contributed by atoms with Crippen LogP contribution in [-0.2, 0) is 4.74 Å². The number of pyridine rings is 1. The zero-order valence-electron chi connectivity index (χ0n) is 25.0. The first kappa shape index (κ1) is 30.4. The smallest absolute Gasteiger partial charge is 0.410 e. The molecule has 1 aliphatic rings. The lowest BCUT2D eigenvalue weighted by Crippen LogP contribution is -2.50. The van der Waals surface area contributed by atoms with Gasteiger partial charge in [0.2, 0.25) is 0 Å². The standard InChI is InChI=1S/C31H37BrN6O5/c1-18-14-20(37-10-12-38(13-11-37)30(41)43-31(2,3)4)16-23-27(18)36-28(35-23)26-22(8-9-33-29(26)40)34-17-24(39)19-6-7-25(42-5)21(32)15-19/h6-9,14-16,24,39H,10-13,17H2,1-5H3,(H,35,36)(H2,33,34,40)/t24-/m1/s1. The van der Waals surface area contributed by atoms with Gasteiger partial charge in [0.05, 0.1) is 34.4 Å². The number of halogens is 1. The number of ether oxygens (including phenoxy) is 2. The number of aromatic amines is 2. The average Bonchev–Trinajstić information content (AvgIpc) is 3.39. The first-order valence-electron chi connectivity index (χ1n) is 14.1. The Morgan fingerprint density at radius 2 is 1.91 bits per heavy atom. The van der Waals surface area contributed by atoms with Crippen LogP contribution in [0.25, 0.3) is 22.4 Å². The Kier molecular flexibility index (Phi) is 8.70. The Morgan fingerprint density at radius 3 is 2.58 bits per heavy atom. The first-order valence-corrected chi connectivity index (χ1v) is 14.9. The number of aryl methyl sites for hydroxylation is 1. The molecule has 2 aromatic heterocycles. The Balaban J connectivity index is 1.34. The summed E-state index contributed by atoms with van der Waals surface area (Å²) in [6, 6.07) is 11.2. The molecule has 1 saturated heterocycles. The van der Waals surface area contributed by atoms with Crippen LogP contribution in [-0.4, -0.2) is 76.5 Å². The number of aromatic nitrogens is 3. The number of fused-ring (bicyclic) bond motifs is 1. The number of aliphatic hydroxyl groups is 1. The van der Waals surface area contributed by atoms with E-state index in [0.717, 1.165) is 26.8 Å². The van der Waals surface area contributed by atoms with Gasteiger partial charge in [0.25, 0.3) is 5.56 Å². The van der Waals surface area contributed by atoms with Crippen molar-refractivity contribution in [1.82, 2.24) is 19.9 Å². The van der Waals surface area contributed by atoms with Crippen LogP contribution in [0.3, 0.4) is 0 Å². The van der Waals surface area contributed by atoms with Crippen molar-refractivity contribution < 1.29 is 19.4 Å². The number of anilines is 2. The van der Waals surface area contributed by atoms with Crippen LogP contribution in [0.15, 0.2) is 51.9 Å². The zero-order chi connectivity index (χ0) is 30.9. The molecular weight excluding hydrogens is 616 g/mol. The highest BCUT2D eigenvalue weighted by Crippen LogP contribution is 2.31. The first-order chi connectivity index (χ1) is 20.4. The molecule has 4 N–H and O–H groups in total. The van der Waals surface area contributed by atoms with Crippen molar-refractivity contribution in [3.63, 3.8) is 0 Å². The summed E-state index contributed by atoms with van der Waals surface area (Å²) in [5, 5.41) is 14.1. The molecule has 11 nitrogen and oxygen atoms in total. The maximum Gasteiger partial charge on any atom is 0.410 e. The van der Waals surface area contributed by atoms with Crippen LogP contribution in [0, 0.1) is 6.92 Å². The molecule has 5 rings (SSSR count). The fourth-order valence-corrected chi connectivity index (χ4v) is 5.68. The van der Waals surface area contributed by atoms with Gasteiger partial charge in [-0.2, -0.15) is 0 Å². The molecule has 0 aliphatic carbocycles. The maximum atomic E-state index is 13.0. The van der Waals surface area contributed by atoms with Gasteiger partial charge >= 0.3 is 6.09 Å². The lowest BCUT2D eigenvalue weighted by molar-refractivity contribution is 0.0240. The summed E-state index contributed by atoms with van der Waals surface area (Å²) < 4.78 is 11.5. The van der Waals surface area contributed by atoms with E-state index in [2.05, 4.69) is 42.2 Å².